The Labute approximate surface area is 155 Å². The van der Waals surface area contributed by atoms with Crippen molar-refractivity contribution in [2.75, 3.05) is 13.2 Å². The maximum atomic E-state index is 13.4. The largest absolute Gasteiger partial charge is 0.494 e. The van der Waals surface area contributed by atoms with Crippen molar-refractivity contribution in [1.82, 2.24) is 5.32 Å². The second kappa shape index (κ2) is 9.20. The minimum atomic E-state index is -1.04. The summed E-state index contributed by atoms with van der Waals surface area (Å²) in [6, 6.07) is 11.0. The molecule has 0 spiro atoms. The number of aliphatic carboxylic acids is 1. The number of hydrogen-bond acceptors (Lipinski definition) is 3. The van der Waals surface area contributed by atoms with Gasteiger partial charge in [-0.15, -0.1) is 0 Å². The molecule has 2 rings (SSSR count). The summed E-state index contributed by atoms with van der Waals surface area (Å²) in [4.78, 5) is 23.6. The van der Waals surface area contributed by atoms with Crippen LogP contribution in [-0.4, -0.2) is 30.1 Å². The lowest BCUT2D eigenvalue weighted by atomic mass is 9.99. The summed E-state index contributed by atoms with van der Waals surface area (Å²) >= 11 is 5.77. The van der Waals surface area contributed by atoms with Gasteiger partial charge in [-0.05, 0) is 43.2 Å². The smallest absolute Gasteiger partial charge is 0.308 e. The first-order valence-electron chi connectivity index (χ1n) is 8.09. The van der Waals surface area contributed by atoms with Gasteiger partial charge < -0.3 is 15.2 Å². The van der Waals surface area contributed by atoms with Gasteiger partial charge in [0.15, 0.2) is 0 Å². The molecular weight excluding hydrogens is 361 g/mol. The van der Waals surface area contributed by atoms with E-state index in [2.05, 4.69) is 5.32 Å². The predicted octanol–water partition coefficient (Wildman–Crippen LogP) is 3.55. The number of hydrogen-bond donors (Lipinski definition) is 2. The number of carbonyl (C=O) groups excluding carboxylic acids is 1. The second-order valence-electron chi connectivity index (χ2n) is 5.63. The van der Waals surface area contributed by atoms with Gasteiger partial charge in [0.1, 0.15) is 11.6 Å². The number of carboxylic acids is 1. The van der Waals surface area contributed by atoms with Gasteiger partial charge in [-0.3, -0.25) is 9.59 Å². The van der Waals surface area contributed by atoms with Crippen molar-refractivity contribution in [1.29, 1.82) is 0 Å². The van der Waals surface area contributed by atoms with Gasteiger partial charge in [0, 0.05) is 6.54 Å². The summed E-state index contributed by atoms with van der Waals surface area (Å²) in [5.41, 5.74) is 0.774. The Morgan fingerprint density at radius 1 is 1.23 bits per heavy atom. The molecule has 2 N–H and O–H groups in total. The number of carboxylic acid groups (broad SMARTS) is 1. The van der Waals surface area contributed by atoms with Crippen LogP contribution < -0.4 is 10.1 Å². The lowest BCUT2D eigenvalue weighted by Crippen LogP contribution is -2.34. The minimum absolute atomic E-state index is 0.0307. The topological polar surface area (TPSA) is 75.6 Å². The fourth-order valence-electron chi connectivity index (χ4n) is 2.41. The summed E-state index contributed by atoms with van der Waals surface area (Å²) < 4.78 is 18.8. The third-order valence-electron chi connectivity index (χ3n) is 3.77. The lowest BCUT2D eigenvalue weighted by Gasteiger charge is -2.14. The van der Waals surface area contributed by atoms with Crippen molar-refractivity contribution in [2.24, 2.45) is 5.92 Å². The molecule has 1 amide bonds. The zero-order chi connectivity index (χ0) is 19.1. The van der Waals surface area contributed by atoms with Gasteiger partial charge in [-0.25, -0.2) is 4.39 Å². The quantitative estimate of drug-likeness (QED) is 0.735. The molecule has 138 valence electrons. The van der Waals surface area contributed by atoms with Crippen LogP contribution >= 0.6 is 11.6 Å². The van der Waals surface area contributed by atoms with Crippen molar-refractivity contribution in [3.05, 3.63) is 64.4 Å². The highest BCUT2D eigenvalue weighted by Gasteiger charge is 2.21. The minimum Gasteiger partial charge on any atom is -0.494 e. The van der Waals surface area contributed by atoms with E-state index in [0.29, 0.717) is 12.4 Å². The van der Waals surface area contributed by atoms with Crippen LogP contribution in [0, 0.1) is 11.7 Å². The molecule has 0 aliphatic heterocycles. The van der Waals surface area contributed by atoms with E-state index in [1.807, 2.05) is 6.92 Å². The Hall–Kier alpha value is -2.60. The number of carbonyl (C=O) groups is 2. The van der Waals surface area contributed by atoms with Crippen LogP contribution in [0.5, 0.6) is 5.75 Å². The molecule has 1 unspecified atom stereocenters. The fraction of sp³-hybridized carbons (Fsp3) is 0.263. The van der Waals surface area contributed by atoms with Gasteiger partial charge in [0.05, 0.1) is 23.1 Å². The van der Waals surface area contributed by atoms with E-state index in [4.69, 9.17) is 16.3 Å². The normalized spacial score (nSPS) is 11.7. The summed E-state index contributed by atoms with van der Waals surface area (Å²) in [6.45, 7) is 2.32. The molecule has 0 fully saturated rings. The van der Waals surface area contributed by atoms with E-state index in [9.17, 15) is 19.1 Å². The zero-order valence-corrected chi connectivity index (χ0v) is 14.9. The van der Waals surface area contributed by atoms with Crippen molar-refractivity contribution in [3.8, 4) is 5.75 Å². The van der Waals surface area contributed by atoms with Crippen LogP contribution in [-0.2, 0) is 11.2 Å². The van der Waals surface area contributed by atoms with Crippen LogP contribution in [0.15, 0.2) is 42.5 Å². The lowest BCUT2D eigenvalue weighted by molar-refractivity contribution is -0.141. The number of ether oxygens (including phenoxy) is 1. The first-order chi connectivity index (χ1) is 12.4. The molecule has 0 bridgehead atoms. The Kier molecular flexibility index (Phi) is 6.97. The number of amides is 1. The molecule has 0 saturated carbocycles. The average molecular weight is 380 g/mol. The third-order valence-corrected chi connectivity index (χ3v) is 4.16. The van der Waals surface area contributed by atoms with Gasteiger partial charge >= 0.3 is 5.97 Å². The SMILES string of the molecule is CCOc1ccc(CC(CNC(=O)c2cccc(F)c2Cl)C(=O)O)cc1. The first-order valence-corrected chi connectivity index (χ1v) is 8.47. The molecule has 0 aliphatic rings. The van der Waals surface area contributed by atoms with Gasteiger partial charge in [0.2, 0.25) is 0 Å². The van der Waals surface area contributed by atoms with E-state index in [-0.39, 0.29) is 23.6 Å². The summed E-state index contributed by atoms with van der Waals surface area (Å²) in [7, 11) is 0. The Morgan fingerprint density at radius 3 is 2.54 bits per heavy atom. The Bertz CT molecular complexity index is 780. The average Bonchev–Trinajstić information content (AvgIpc) is 2.62. The molecule has 0 saturated heterocycles. The molecule has 2 aromatic carbocycles. The maximum absolute atomic E-state index is 13.4. The second-order valence-corrected chi connectivity index (χ2v) is 6.01. The molecule has 0 aromatic heterocycles. The van der Waals surface area contributed by atoms with Crippen molar-refractivity contribution < 1.29 is 23.8 Å². The summed E-state index contributed by atoms with van der Waals surface area (Å²) in [5.74, 6) is -2.48. The van der Waals surface area contributed by atoms with E-state index in [0.717, 1.165) is 11.6 Å². The van der Waals surface area contributed by atoms with Crippen molar-refractivity contribution in [2.45, 2.75) is 13.3 Å². The van der Waals surface area contributed by atoms with E-state index < -0.39 is 23.6 Å². The van der Waals surface area contributed by atoms with Gasteiger partial charge in [-0.1, -0.05) is 29.8 Å². The molecule has 0 aliphatic carbocycles. The molecular formula is C19H19ClFNO4. The molecule has 7 heteroatoms. The first kappa shape index (κ1) is 19.7. The van der Waals surface area contributed by atoms with Crippen LogP contribution in [0.4, 0.5) is 4.39 Å². The molecule has 0 radical (unpaired) electrons. The highest BCUT2D eigenvalue weighted by Crippen LogP contribution is 2.20. The number of rotatable bonds is 8. The highest BCUT2D eigenvalue weighted by atomic mass is 35.5. The van der Waals surface area contributed by atoms with Crippen molar-refractivity contribution in [3.63, 3.8) is 0 Å². The monoisotopic (exact) mass is 379 g/mol. The highest BCUT2D eigenvalue weighted by molar-refractivity contribution is 6.34. The third kappa shape index (κ3) is 5.20. The van der Waals surface area contributed by atoms with Crippen LogP contribution in [0.1, 0.15) is 22.8 Å². The Balaban J connectivity index is 2.00. The van der Waals surface area contributed by atoms with Crippen LogP contribution in [0.25, 0.3) is 0 Å². The maximum Gasteiger partial charge on any atom is 0.308 e. The van der Waals surface area contributed by atoms with Crippen LogP contribution in [0.2, 0.25) is 5.02 Å². The zero-order valence-electron chi connectivity index (χ0n) is 14.2. The Morgan fingerprint density at radius 2 is 1.92 bits per heavy atom. The number of nitrogens with one attached hydrogen (secondary N) is 1. The number of benzene rings is 2. The van der Waals surface area contributed by atoms with Gasteiger partial charge in [-0.2, -0.15) is 0 Å². The van der Waals surface area contributed by atoms with Crippen molar-refractivity contribution >= 4 is 23.5 Å². The standard InChI is InChI=1S/C19H19ClFNO4/c1-2-26-14-8-6-12(7-9-14)10-13(19(24)25)11-22-18(23)15-4-3-5-16(21)17(15)20/h3-9,13H,2,10-11H2,1H3,(H,22,23)(H,24,25). The molecule has 2 aromatic rings. The summed E-state index contributed by atoms with van der Waals surface area (Å²) in [6.07, 6.45) is 0.235. The molecule has 5 nitrogen and oxygen atoms in total. The van der Waals surface area contributed by atoms with Crippen LogP contribution in [0.3, 0.4) is 0 Å². The molecule has 26 heavy (non-hydrogen) atoms. The van der Waals surface area contributed by atoms with Gasteiger partial charge in [0.25, 0.3) is 5.91 Å². The van der Waals surface area contributed by atoms with E-state index in [1.54, 1.807) is 24.3 Å². The number of halogens is 2. The van der Waals surface area contributed by atoms with E-state index in [1.165, 1.54) is 12.1 Å². The molecule has 0 heterocycles. The summed E-state index contributed by atoms with van der Waals surface area (Å²) in [5, 5.41) is 11.6. The predicted molar refractivity (Wildman–Crippen MR) is 96.2 cm³/mol. The van der Waals surface area contributed by atoms with E-state index >= 15 is 0 Å². The molecule has 1 atom stereocenters. The fourth-order valence-corrected chi connectivity index (χ4v) is 2.62.